The minimum atomic E-state index is -3.90. The number of carbonyl (C=O) groups excluding carboxylic acids is 1. The molecule has 0 atom stereocenters. The summed E-state index contributed by atoms with van der Waals surface area (Å²) in [5.41, 5.74) is 2.57. The van der Waals surface area contributed by atoms with Gasteiger partial charge in [-0.25, -0.2) is 22.0 Å². The van der Waals surface area contributed by atoms with E-state index >= 15 is 0 Å². The number of hydrogen-bond donors (Lipinski definition) is 1. The van der Waals surface area contributed by atoms with Crippen molar-refractivity contribution >= 4 is 53.2 Å². The Hall–Kier alpha value is -3.36. The average Bonchev–Trinajstić information content (AvgIpc) is 3.28. The molecule has 0 unspecified atom stereocenters. The van der Waals surface area contributed by atoms with E-state index in [1.807, 2.05) is 25.1 Å². The van der Waals surface area contributed by atoms with Gasteiger partial charge < -0.3 is 9.30 Å². The number of thiazole rings is 1. The predicted octanol–water partition coefficient (Wildman–Crippen LogP) is 3.27. The summed E-state index contributed by atoms with van der Waals surface area (Å²) < 4.78 is 59.8. The van der Waals surface area contributed by atoms with E-state index in [1.54, 1.807) is 16.7 Å². The molecule has 40 heavy (non-hydrogen) atoms. The molecule has 210 valence electrons. The molecule has 0 saturated heterocycles. The van der Waals surface area contributed by atoms with Crippen molar-refractivity contribution in [3.05, 3.63) is 82.7 Å². The summed E-state index contributed by atoms with van der Waals surface area (Å²) in [5, 5.41) is 5.29. The minimum absolute atomic E-state index is 0.0378. The standard InChI is InChI=1S/C27H28N4O6S3/c1-2-37-17-16-30-24-14-13-22(39(28,33)34)18-25(24)38-27(30)29-26(32)20-9-11-21(12-10-20)40(35,36)31-15-5-7-19-6-3-4-8-23(19)31/h3-4,6,8-14,18H,2,5,7,15-17H2,1H3,(H2,28,33,34). The normalized spacial score (nSPS) is 14.4. The van der Waals surface area contributed by atoms with Crippen LogP contribution >= 0.6 is 11.3 Å². The Morgan fingerprint density at radius 1 is 1.02 bits per heavy atom. The van der Waals surface area contributed by atoms with Gasteiger partial charge in [-0.1, -0.05) is 29.5 Å². The molecular formula is C27H28N4O6S3. The van der Waals surface area contributed by atoms with Crippen LogP contribution in [0.1, 0.15) is 29.3 Å². The summed E-state index contributed by atoms with van der Waals surface area (Å²) in [7, 11) is -7.72. The van der Waals surface area contributed by atoms with E-state index in [0.717, 1.165) is 29.7 Å². The second-order valence-corrected chi connectivity index (χ2v) is 13.6. The van der Waals surface area contributed by atoms with Gasteiger partial charge in [0.1, 0.15) is 0 Å². The van der Waals surface area contributed by atoms with Crippen LogP contribution in [0.25, 0.3) is 10.2 Å². The van der Waals surface area contributed by atoms with Gasteiger partial charge in [0, 0.05) is 25.3 Å². The molecule has 2 N–H and O–H groups in total. The highest BCUT2D eigenvalue weighted by atomic mass is 32.2. The number of nitrogens with zero attached hydrogens (tertiary/aromatic N) is 3. The van der Waals surface area contributed by atoms with Gasteiger partial charge in [0.15, 0.2) is 4.80 Å². The molecule has 1 aliphatic heterocycles. The van der Waals surface area contributed by atoms with Crippen molar-refractivity contribution in [3.63, 3.8) is 0 Å². The average molecular weight is 601 g/mol. The Morgan fingerprint density at radius 3 is 2.48 bits per heavy atom. The maximum atomic E-state index is 13.4. The first-order valence-electron chi connectivity index (χ1n) is 12.6. The van der Waals surface area contributed by atoms with Crippen LogP contribution in [0.5, 0.6) is 0 Å². The monoisotopic (exact) mass is 600 g/mol. The molecule has 13 heteroatoms. The maximum Gasteiger partial charge on any atom is 0.279 e. The molecule has 4 aromatic rings. The van der Waals surface area contributed by atoms with Gasteiger partial charge in [0.05, 0.1) is 32.3 Å². The molecule has 1 aliphatic rings. The van der Waals surface area contributed by atoms with Crippen molar-refractivity contribution in [2.45, 2.75) is 36.1 Å². The van der Waals surface area contributed by atoms with Crippen LogP contribution in [0, 0.1) is 0 Å². The molecule has 0 fully saturated rings. The highest BCUT2D eigenvalue weighted by molar-refractivity contribution is 7.92. The zero-order valence-electron chi connectivity index (χ0n) is 21.7. The lowest BCUT2D eigenvalue weighted by Crippen LogP contribution is -2.35. The van der Waals surface area contributed by atoms with Crippen molar-refractivity contribution in [3.8, 4) is 0 Å². The molecule has 0 radical (unpaired) electrons. The zero-order chi connectivity index (χ0) is 28.5. The van der Waals surface area contributed by atoms with Gasteiger partial charge in [-0.2, -0.15) is 4.99 Å². The molecule has 3 aromatic carbocycles. The number of fused-ring (bicyclic) bond motifs is 2. The number of aromatic nitrogens is 1. The highest BCUT2D eigenvalue weighted by Gasteiger charge is 2.29. The Kier molecular flexibility index (Phi) is 7.93. The van der Waals surface area contributed by atoms with Crippen LogP contribution in [-0.2, 0) is 37.7 Å². The lowest BCUT2D eigenvalue weighted by atomic mass is 10.0. The smallest absolute Gasteiger partial charge is 0.279 e. The van der Waals surface area contributed by atoms with Crippen LogP contribution in [0.4, 0.5) is 5.69 Å². The number of nitrogens with two attached hydrogens (primary N) is 1. The van der Waals surface area contributed by atoms with Gasteiger partial charge in [0.2, 0.25) is 10.0 Å². The Balaban J connectivity index is 1.47. The van der Waals surface area contributed by atoms with Crippen molar-refractivity contribution in [1.29, 1.82) is 0 Å². The lowest BCUT2D eigenvalue weighted by Gasteiger charge is -2.30. The maximum absolute atomic E-state index is 13.4. The van der Waals surface area contributed by atoms with Gasteiger partial charge >= 0.3 is 0 Å². The summed E-state index contributed by atoms with van der Waals surface area (Å²) in [6.45, 7) is 3.53. The summed E-state index contributed by atoms with van der Waals surface area (Å²) in [5.74, 6) is -0.560. The van der Waals surface area contributed by atoms with Crippen LogP contribution in [0.15, 0.2) is 81.5 Å². The number of para-hydroxylation sites is 1. The Bertz CT molecular complexity index is 1860. The van der Waals surface area contributed by atoms with Crippen LogP contribution in [0.2, 0.25) is 0 Å². The van der Waals surface area contributed by atoms with E-state index in [4.69, 9.17) is 9.88 Å². The van der Waals surface area contributed by atoms with Crippen molar-refractivity contribution in [1.82, 2.24) is 4.57 Å². The summed E-state index contributed by atoms with van der Waals surface area (Å²) in [4.78, 5) is 17.8. The fourth-order valence-corrected chi connectivity index (χ4v) is 7.88. The molecule has 5 rings (SSSR count). The minimum Gasteiger partial charge on any atom is -0.380 e. The summed E-state index contributed by atoms with van der Waals surface area (Å²) >= 11 is 1.15. The molecule has 0 spiro atoms. The van der Waals surface area contributed by atoms with Gasteiger partial charge in [-0.15, -0.1) is 0 Å². The van der Waals surface area contributed by atoms with Crippen molar-refractivity contribution in [2.75, 3.05) is 24.1 Å². The number of anilines is 1. The van der Waals surface area contributed by atoms with Gasteiger partial charge in [0.25, 0.3) is 15.9 Å². The number of rotatable bonds is 8. The number of primary sulfonamides is 1. The zero-order valence-corrected chi connectivity index (χ0v) is 24.1. The third kappa shape index (κ3) is 5.60. The van der Waals surface area contributed by atoms with E-state index in [1.165, 1.54) is 40.7 Å². The number of carbonyl (C=O) groups is 1. The topological polar surface area (TPSA) is 141 Å². The number of hydrogen-bond acceptors (Lipinski definition) is 7. The fraction of sp³-hybridized carbons (Fsp3) is 0.259. The van der Waals surface area contributed by atoms with Crippen molar-refractivity contribution in [2.24, 2.45) is 10.1 Å². The predicted molar refractivity (Wildman–Crippen MR) is 153 cm³/mol. The van der Waals surface area contributed by atoms with E-state index in [9.17, 15) is 21.6 Å². The largest absolute Gasteiger partial charge is 0.380 e. The first-order chi connectivity index (χ1) is 19.1. The van der Waals surface area contributed by atoms with Crippen LogP contribution in [-0.4, -0.2) is 47.1 Å². The SMILES string of the molecule is CCOCCn1c(=NC(=O)c2ccc(S(=O)(=O)N3CCCc4ccccc43)cc2)sc2cc(S(N)(=O)=O)ccc21. The molecular weight excluding hydrogens is 573 g/mol. The molecule has 0 bridgehead atoms. The molecule has 0 aliphatic carbocycles. The van der Waals surface area contributed by atoms with Crippen molar-refractivity contribution < 1.29 is 26.4 Å². The Labute approximate surface area is 236 Å². The second kappa shape index (κ2) is 11.3. The third-order valence-corrected chi connectivity index (χ3v) is 10.4. The third-order valence-electron chi connectivity index (χ3n) is 6.60. The van der Waals surface area contributed by atoms with Gasteiger partial charge in [-0.3, -0.25) is 9.10 Å². The van der Waals surface area contributed by atoms with E-state index < -0.39 is 26.0 Å². The molecule has 2 heterocycles. The van der Waals surface area contributed by atoms with E-state index in [-0.39, 0.29) is 15.4 Å². The number of benzene rings is 3. The summed E-state index contributed by atoms with van der Waals surface area (Å²) in [6.07, 6.45) is 1.55. The molecule has 10 nitrogen and oxygen atoms in total. The molecule has 1 aromatic heterocycles. The van der Waals surface area contributed by atoms with Crippen LogP contribution < -0.4 is 14.2 Å². The fourth-order valence-electron chi connectivity index (χ4n) is 4.63. The number of sulfonamides is 2. The molecule has 1 amide bonds. The number of ether oxygens (including phenoxy) is 1. The molecule has 0 saturated carbocycles. The second-order valence-electron chi connectivity index (χ2n) is 9.16. The lowest BCUT2D eigenvalue weighted by molar-refractivity contribution is 0.0996. The van der Waals surface area contributed by atoms with E-state index in [2.05, 4.69) is 4.99 Å². The van der Waals surface area contributed by atoms with Crippen LogP contribution in [0.3, 0.4) is 0 Å². The number of aryl methyl sites for hydroxylation is 1. The quantitative estimate of drug-likeness (QED) is 0.308. The first kappa shape index (κ1) is 28.2. The summed E-state index contributed by atoms with van der Waals surface area (Å²) in [6, 6.07) is 17.7. The van der Waals surface area contributed by atoms with Gasteiger partial charge in [-0.05, 0) is 73.9 Å². The highest BCUT2D eigenvalue weighted by Crippen LogP contribution is 2.32. The van der Waals surface area contributed by atoms with E-state index in [0.29, 0.717) is 47.0 Å². The number of amides is 1. The first-order valence-corrected chi connectivity index (χ1v) is 16.4. The Morgan fingerprint density at radius 2 is 1.75 bits per heavy atom.